The van der Waals surface area contributed by atoms with Crippen LogP contribution in [0.2, 0.25) is 0 Å². The average molecular weight is 382 g/mol. The molecule has 0 radical (unpaired) electrons. The van der Waals surface area contributed by atoms with Gasteiger partial charge < -0.3 is 11.1 Å². The maximum absolute atomic E-state index is 13.0. The topological polar surface area (TPSA) is 92.5 Å². The summed E-state index contributed by atoms with van der Waals surface area (Å²) >= 11 is 0. The van der Waals surface area contributed by atoms with Gasteiger partial charge in [-0.1, -0.05) is 26.3 Å². The number of nitrogens with zero attached hydrogens (tertiary/aromatic N) is 1. The summed E-state index contributed by atoms with van der Waals surface area (Å²) in [5.41, 5.74) is 6.40. The van der Waals surface area contributed by atoms with Crippen LogP contribution in [0.3, 0.4) is 0 Å². The number of sulfonamides is 1. The van der Waals surface area contributed by atoms with E-state index in [1.165, 1.54) is 10.4 Å². The zero-order valence-electron chi connectivity index (χ0n) is 16.0. The van der Waals surface area contributed by atoms with Crippen molar-refractivity contribution in [1.29, 1.82) is 0 Å². The van der Waals surface area contributed by atoms with E-state index in [4.69, 9.17) is 5.73 Å². The molecule has 1 aliphatic rings. The van der Waals surface area contributed by atoms with Crippen LogP contribution in [0.25, 0.3) is 0 Å². The quantitative estimate of drug-likeness (QED) is 0.759. The number of benzene rings is 1. The number of hydrogen-bond acceptors (Lipinski definition) is 4. The molecule has 1 aromatic rings. The van der Waals surface area contributed by atoms with Gasteiger partial charge in [-0.05, 0) is 50.3 Å². The van der Waals surface area contributed by atoms with Crippen molar-refractivity contribution in [3.05, 3.63) is 29.3 Å². The maximum atomic E-state index is 13.0. The number of amides is 1. The molecule has 0 unspecified atom stereocenters. The second kappa shape index (κ2) is 8.50. The molecule has 1 aliphatic heterocycles. The highest BCUT2D eigenvalue weighted by Gasteiger charge is 2.30. The van der Waals surface area contributed by atoms with Crippen molar-refractivity contribution in [3.8, 4) is 0 Å². The first-order valence-corrected chi connectivity index (χ1v) is 10.9. The molecule has 1 amide bonds. The van der Waals surface area contributed by atoms with E-state index < -0.39 is 15.6 Å². The van der Waals surface area contributed by atoms with E-state index in [9.17, 15) is 13.2 Å². The van der Waals surface area contributed by atoms with Gasteiger partial charge in [0, 0.05) is 25.2 Å². The van der Waals surface area contributed by atoms with Gasteiger partial charge in [-0.3, -0.25) is 4.79 Å². The summed E-state index contributed by atoms with van der Waals surface area (Å²) < 4.78 is 27.6. The van der Waals surface area contributed by atoms with E-state index in [2.05, 4.69) is 5.32 Å². The van der Waals surface area contributed by atoms with Crippen molar-refractivity contribution in [3.63, 3.8) is 0 Å². The Hall–Kier alpha value is -1.44. The predicted molar refractivity (Wildman–Crippen MR) is 104 cm³/mol. The molecular formula is C19H31N3O3S. The molecule has 1 aromatic carbocycles. The van der Waals surface area contributed by atoms with Gasteiger partial charge in [-0.2, -0.15) is 4.31 Å². The van der Waals surface area contributed by atoms with Crippen molar-refractivity contribution in [2.24, 2.45) is 5.73 Å². The summed E-state index contributed by atoms with van der Waals surface area (Å²) in [6.45, 7) is 7.16. The summed E-state index contributed by atoms with van der Waals surface area (Å²) in [6, 6.07) is 4.88. The third-order valence-corrected chi connectivity index (χ3v) is 7.55. The molecule has 2 rings (SSSR count). The number of rotatable bonds is 7. The number of piperidine rings is 1. The molecule has 1 fully saturated rings. The molecule has 26 heavy (non-hydrogen) atoms. The second-order valence-electron chi connectivity index (χ2n) is 7.09. The number of nitrogens with one attached hydrogen (secondary N) is 1. The highest BCUT2D eigenvalue weighted by atomic mass is 32.2. The van der Waals surface area contributed by atoms with Gasteiger partial charge in [-0.15, -0.1) is 0 Å². The van der Waals surface area contributed by atoms with Crippen LogP contribution < -0.4 is 11.1 Å². The summed E-state index contributed by atoms with van der Waals surface area (Å²) in [5.74, 6) is -0.283. The van der Waals surface area contributed by atoms with Gasteiger partial charge in [0.15, 0.2) is 0 Å². The lowest BCUT2D eigenvalue weighted by atomic mass is 9.92. The normalized spacial score (nSPS) is 16.5. The smallest absolute Gasteiger partial charge is 0.251 e. The minimum Gasteiger partial charge on any atom is -0.345 e. The minimum absolute atomic E-state index is 0.221. The monoisotopic (exact) mass is 381 g/mol. The first kappa shape index (κ1) is 20.9. The van der Waals surface area contributed by atoms with Crippen LogP contribution in [0.15, 0.2) is 23.1 Å². The Morgan fingerprint density at radius 2 is 1.81 bits per heavy atom. The summed E-state index contributed by atoms with van der Waals surface area (Å²) in [5, 5.41) is 3.00. The first-order chi connectivity index (χ1) is 12.3. The number of carbonyl (C=O) groups excluding carboxylic acids is 1. The molecule has 0 aliphatic carbocycles. The lowest BCUT2D eigenvalue weighted by molar-refractivity contribution is 0.0895. The molecule has 1 heterocycles. The van der Waals surface area contributed by atoms with E-state index in [-0.39, 0.29) is 10.8 Å². The number of hydrogen-bond donors (Lipinski definition) is 2. The summed E-state index contributed by atoms with van der Waals surface area (Å²) in [7, 11) is -3.58. The maximum Gasteiger partial charge on any atom is 0.251 e. The number of carbonyl (C=O) groups is 1. The fraction of sp³-hybridized carbons (Fsp3) is 0.632. The molecule has 0 atom stereocenters. The molecule has 7 heteroatoms. The average Bonchev–Trinajstić information content (AvgIpc) is 2.67. The van der Waals surface area contributed by atoms with Crippen LogP contribution in [-0.4, -0.2) is 43.8 Å². The lowest BCUT2D eigenvalue weighted by Crippen LogP contribution is -2.52. The van der Waals surface area contributed by atoms with Crippen LogP contribution in [0.5, 0.6) is 0 Å². The first-order valence-electron chi connectivity index (χ1n) is 9.43. The zero-order chi connectivity index (χ0) is 19.4. The fourth-order valence-corrected chi connectivity index (χ4v) is 5.11. The molecular weight excluding hydrogens is 350 g/mol. The largest absolute Gasteiger partial charge is 0.345 e. The van der Waals surface area contributed by atoms with E-state index in [1.54, 1.807) is 19.1 Å². The van der Waals surface area contributed by atoms with Crippen LogP contribution in [0.4, 0.5) is 0 Å². The van der Waals surface area contributed by atoms with Crippen LogP contribution in [0, 0.1) is 6.92 Å². The Morgan fingerprint density at radius 3 is 2.35 bits per heavy atom. The van der Waals surface area contributed by atoms with Gasteiger partial charge in [0.05, 0.1) is 10.4 Å². The van der Waals surface area contributed by atoms with Gasteiger partial charge in [0.2, 0.25) is 10.0 Å². The second-order valence-corrected chi connectivity index (χ2v) is 9.00. The zero-order valence-corrected chi connectivity index (χ0v) is 16.9. The SMILES string of the molecule is CCC(CC)(CN)NC(=O)c1ccc(C)c(S(=O)(=O)N2CCCCC2)c1. The Bertz CT molecular complexity index is 728. The predicted octanol–water partition coefficient (Wildman–Crippen LogP) is 2.42. The van der Waals surface area contributed by atoms with Crippen LogP contribution >= 0.6 is 0 Å². The Morgan fingerprint density at radius 1 is 1.19 bits per heavy atom. The fourth-order valence-electron chi connectivity index (χ4n) is 3.34. The van der Waals surface area contributed by atoms with E-state index in [0.29, 0.717) is 30.8 Å². The van der Waals surface area contributed by atoms with Gasteiger partial charge in [0.1, 0.15) is 0 Å². The third-order valence-electron chi connectivity index (χ3n) is 5.51. The molecule has 0 aromatic heterocycles. The van der Waals surface area contributed by atoms with Crippen molar-refractivity contribution in [1.82, 2.24) is 9.62 Å². The third kappa shape index (κ3) is 4.27. The Labute approximate surface area is 157 Å². The van der Waals surface area contributed by atoms with Crippen molar-refractivity contribution in [2.45, 2.75) is 63.3 Å². The highest BCUT2D eigenvalue weighted by Crippen LogP contribution is 2.25. The van der Waals surface area contributed by atoms with Gasteiger partial charge in [0.25, 0.3) is 5.91 Å². The highest BCUT2D eigenvalue weighted by molar-refractivity contribution is 7.89. The lowest BCUT2D eigenvalue weighted by Gasteiger charge is -2.31. The van der Waals surface area contributed by atoms with Crippen molar-refractivity contribution < 1.29 is 13.2 Å². The van der Waals surface area contributed by atoms with Crippen LogP contribution in [-0.2, 0) is 10.0 Å². The van der Waals surface area contributed by atoms with Crippen molar-refractivity contribution >= 4 is 15.9 Å². The number of nitrogens with two attached hydrogens (primary N) is 1. The molecule has 1 saturated heterocycles. The molecule has 0 bridgehead atoms. The van der Waals surface area contributed by atoms with Crippen LogP contribution in [0.1, 0.15) is 61.9 Å². The molecule has 0 saturated carbocycles. The van der Waals surface area contributed by atoms with Gasteiger partial charge in [-0.25, -0.2) is 8.42 Å². The van der Waals surface area contributed by atoms with E-state index in [1.807, 2.05) is 13.8 Å². The minimum atomic E-state index is -3.58. The molecule has 6 nitrogen and oxygen atoms in total. The van der Waals surface area contributed by atoms with E-state index in [0.717, 1.165) is 32.1 Å². The Kier molecular flexibility index (Phi) is 6.82. The summed E-state index contributed by atoms with van der Waals surface area (Å²) in [4.78, 5) is 12.9. The number of aryl methyl sites for hydroxylation is 1. The van der Waals surface area contributed by atoms with E-state index >= 15 is 0 Å². The summed E-state index contributed by atoms with van der Waals surface area (Å²) in [6.07, 6.45) is 4.25. The Balaban J connectivity index is 2.33. The molecule has 146 valence electrons. The molecule has 0 spiro atoms. The standard InChI is InChI=1S/C19H31N3O3S/c1-4-19(5-2,14-20)21-18(23)16-10-9-15(3)17(13-16)26(24,25)22-11-7-6-8-12-22/h9-10,13H,4-8,11-12,14,20H2,1-3H3,(H,21,23). The molecule has 3 N–H and O–H groups in total. The van der Waals surface area contributed by atoms with Crippen molar-refractivity contribution in [2.75, 3.05) is 19.6 Å². The van der Waals surface area contributed by atoms with Gasteiger partial charge >= 0.3 is 0 Å².